The van der Waals surface area contributed by atoms with Gasteiger partial charge >= 0.3 is 6.03 Å². The summed E-state index contributed by atoms with van der Waals surface area (Å²) in [6, 6.07) is 3.52. The highest BCUT2D eigenvalue weighted by Gasteiger charge is 2.33. The Bertz CT molecular complexity index is 497. The smallest absolute Gasteiger partial charge is 0.320 e. The van der Waals surface area contributed by atoms with Crippen LogP contribution in [0.25, 0.3) is 0 Å². The first kappa shape index (κ1) is 11.9. The predicted molar refractivity (Wildman–Crippen MR) is 66.4 cm³/mol. The Hall–Kier alpha value is -1.61. The number of amides is 2. The molecule has 6 heteroatoms. The van der Waals surface area contributed by atoms with Crippen LogP contribution in [-0.2, 0) is 0 Å². The van der Waals surface area contributed by atoms with Crippen molar-refractivity contribution >= 4 is 27.8 Å². The molecule has 1 aliphatic carbocycles. The minimum Gasteiger partial charge on any atom is -0.335 e. The Morgan fingerprint density at radius 3 is 3.00 bits per heavy atom. The lowest BCUT2D eigenvalue weighted by molar-refractivity contribution is 0.251. The number of hydrogen-bond donors (Lipinski definition) is 2. The van der Waals surface area contributed by atoms with Gasteiger partial charge in [-0.15, -0.1) is 0 Å². The molecule has 0 bridgehead atoms. The number of anilines is 1. The predicted octanol–water partition coefficient (Wildman–Crippen LogP) is 2.25. The average Bonchev–Trinajstić information content (AvgIpc) is 2.97. The lowest BCUT2D eigenvalue weighted by atomic mass is 10.3. The Kier molecular flexibility index (Phi) is 3.29. The fourth-order valence-corrected chi connectivity index (χ4v) is 1.74. The first-order valence-corrected chi connectivity index (χ1v) is 6.02. The van der Waals surface area contributed by atoms with Crippen molar-refractivity contribution in [2.45, 2.75) is 19.4 Å². The molecule has 0 radical (unpaired) electrons. The van der Waals surface area contributed by atoms with Gasteiger partial charge in [0, 0.05) is 12.2 Å². The van der Waals surface area contributed by atoms with Gasteiger partial charge in [0.2, 0.25) is 0 Å². The monoisotopic (exact) mass is 294 g/mol. The van der Waals surface area contributed by atoms with E-state index in [2.05, 4.69) is 38.5 Å². The number of urea groups is 1. The first-order chi connectivity index (χ1) is 8.10. The molecule has 1 fully saturated rings. The zero-order chi connectivity index (χ0) is 12.4. The summed E-state index contributed by atoms with van der Waals surface area (Å²) < 4.78 is 0.613. The molecular formula is C11H11BrN4O. The van der Waals surface area contributed by atoms with E-state index >= 15 is 0 Å². The van der Waals surface area contributed by atoms with Crippen molar-refractivity contribution in [1.82, 2.24) is 10.3 Å². The Morgan fingerprint density at radius 2 is 2.41 bits per heavy atom. The number of aromatic nitrogens is 1. The van der Waals surface area contributed by atoms with Gasteiger partial charge < -0.3 is 5.32 Å². The van der Waals surface area contributed by atoms with Crippen LogP contribution in [0.15, 0.2) is 16.7 Å². The van der Waals surface area contributed by atoms with Gasteiger partial charge in [-0.3, -0.25) is 5.32 Å². The maximum absolute atomic E-state index is 11.5. The van der Waals surface area contributed by atoms with Crippen LogP contribution in [0.2, 0.25) is 0 Å². The van der Waals surface area contributed by atoms with Crippen molar-refractivity contribution in [2.24, 2.45) is 5.92 Å². The average molecular weight is 295 g/mol. The SMILES string of the molecule is CC1CC1NC(=O)Nc1cc(C#N)c(Br)cn1. The van der Waals surface area contributed by atoms with Gasteiger partial charge in [-0.05, 0) is 34.3 Å². The minimum atomic E-state index is -0.280. The summed E-state index contributed by atoms with van der Waals surface area (Å²) in [6.45, 7) is 2.08. The molecule has 0 spiro atoms. The van der Waals surface area contributed by atoms with Crippen molar-refractivity contribution in [3.8, 4) is 6.07 Å². The van der Waals surface area contributed by atoms with Gasteiger partial charge in [0.05, 0.1) is 10.0 Å². The molecular weight excluding hydrogens is 284 g/mol. The number of hydrogen-bond acceptors (Lipinski definition) is 3. The van der Waals surface area contributed by atoms with E-state index in [1.807, 2.05) is 6.07 Å². The lowest BCUT2D eigenvalue weighted by Crippen LogP contribution is -2.31. The largest absolute Gasteiger partial charge is 0.335 e. The zero-order valence-electron chi connectivity index (χ0n) is 9.20. The van der Waals surface area contributed by atoms with E-state index in [9.17, 15) is 4.79 Å². The van der Waals surface area contributed by atoms with Crippen LogP contribution < -0.4 is 10.6 Å². The van der Waals surface area contributed by atoms with Gasteiger partial charge in [-0.1, -0.05) is 6.92 Å². The van der Waals surface area contributed by atoms with Crippen LogP contribution in [0.4, 0.5) is 10.6 Å². The molecule has 2 rings (SSSR count). The second-order valence-electron chi connectivity index (χ2n) is 4.08. The van der Waals surface area contributed by atoms with Gasteiger partial charge in [-0.25, -0.2) is 9.78 Å². The third kappa shape index (κ3) is 2.94. The van der Waals surface area contributed by atoms with E-state index in [0.29, 0.717) is 21.8 Å². The van der Waals surface area contributed by atoms with Gasteiger partial charge in [0.25, 0.3) is 0 Å². The highest BCUT2D eigenvalue weighted by atomic mass is 79.9. The molecule has 1 aromatic heterocycles. The number of nitriles is 1. The van der Waals surface area contributed by atoms with E-state index in [-0.39, 0.29) is 12.1 Å². The van der Waals surface area contributed by atoms with Gasteiger partial charge in [-0.2, -0.15) is 5.26 Å². The van der Waals surface area contributed by atoms with Crippen LogP contribution in [-0.4, -0.2) is 17.1 Å². The molecule has 2 unspecified atom stereocenters. The third-order valence-corrected chi connectivity index (χ3v) is 3.28. The highest BCUT2D eigenvalue weighted by Crippen LogP contribution is 2.28. The summed E-state index contributed by atoms with van der Waals surface area (Å²) in [7, 11) is 0. The number of nitrogens with one attached hydrogen (secondary N) is 2. The molecule has 88 valence electrons. The van der Waals surface area contributed by atoms with E-state index in [4.69, 9.17) is 5.26 Å². The van der Waals surface area contributed by atoms with Crippen LogP contribution in [0.3, 0.4) is 0 Å². The number of halogens is 1. The number of carbonyl (C=O) groups is 1. The maximum Gasteiger partial charge on any atom is 0.320 e. The Labute approximate surface area is 107 Å². The fourth-order valence-electron chi connectivity index (χ4n) is 1.44. The number of carbonyl (C=O) groups excluding carboxylic acids is 1. The van der Waals surface area contributed by atoms with E-state index in [0.717, 1.165) is 6.42 Å². The first-order valence-electron chi connectivity index (χ1n) is 5.23. The fraction of sp³-hybridized carbons (Fsp3) is 0.364. The van der Waals surface area contributed by atoms with E-state index in [1.54, 1.807) is 0 Å². The molecule has 0 saturated heterocycles. The molecule has 1 aliphatic rings. The molecule has 0 aromatic carbocycles. The quantitative estimate of drug-likeness (QED) is 0.878. The second-order valence-corrected chi connectivity index (χ2v) is 4.93. The molecule has 17 heavy (non-hydrogen) atoms. The number of rotatable bonds is 2. The van der Waals surface area contributed by atoms with Crippen LogP contribution in [0, 0.1) is 17.2 Å². The van der Waals surface area contributed by atoms with E-state index < -0.39 is 0 Å². The van der Waals surface area contributed by atoms with Crippen LogP contribution >= 0.6 is 15.9 Å². The molecule has 1 heterocycles. The summed E-state index contributed by atoms with van der Waals surface area (Å²) in [4.78, 5) is 15.5. The molecule has 2 amide bonds. The minimum absolute atomic E-state index is 0.265. The molecule has 1 aromatic rings. The van der Waals surface area contributed by atoms with Crippen LogP contribution in [0.5, 0.6) is 0 Å². The third-order valence-electron chi connectivity index (χ3n) is 2.64. The Morgan fingerprint density at radius 1 is 1.71 bits per heavy atom. The molecule has 2 N–H and O–H groups in total. The van der Waals surface area contributed by atoms with Crippen molar-refractivity contribution < 1.29 is 4.79 Å². The van der Waals surface area contributed by atoms with Crippen LogP contribution in [0.1, 0.15) is 18.9 Å². The standard InChI is InChI=1S/C11H11BrN4O/c1-6-2-9(6)15-11(17)16-10-3-7(4-13)8(12)5-14-10/h3,5-6,9H,2H2,1H3,(H2,14,15,16,17). The van der Waals surface area contributed by atoms with Crippen molar-refractivity contribution in [1.29, 1.82) is 5.26 Å². The van der Waals surface area contributed by atoms with E-state index in [1.165, 1.54) is 12.3 Å². The number of pyridine rings is 1. The topological polar surface area (TPSA) is 77.8 Å². The molecule has 5 nitrogen and oxygen atoms in total. The summed E-state index contributed by atoms with van der Waals surface area (Å²) in [5.74, 6) is 0.920. The normalized spacial score (nSPS) is 21.5. The van der Waals surface area contributed by atoms with Crippen molar-refractivity contribution in [3.05, 3.63) is 22.3 Å². The Balaban J connectivity index is 1.98. The lowest BCUT2D eigenvalue weighted by Gasteiger charge is -2.06. The molecule has 0 aliphatic heterocycles. The summed E-state index contributed by atoms with van der Waals surface area (Å²) >= 11 is 3.20. The summed E-state index contributed by atoms with van der Waals surface area (Å²) in [6.07, 6.45) is 2.51. The summed E-state index contributed by atoms with van der Waals surface area (Å²) in [5.41, 5.74) is 0.440. The maximum atomic E-state index is 11.5. The van der Waals surface area contributed by atoms with Gasteiger partial charge in [0.1, 0.15) is 11.9 Å². The highest BCUT2D eigenvalue weighted by molar-refractivity contribution is 9.10. The zero-order valence-corrected chi connectivity index (χ0v) is 10.8. The number of nitrogens with zero attached hydrogens (tertiary/aromatic N) is 2. The van der Waals surface area contributed by atoms with Crippen molar-refractivity contribution in [2.75, 3.05) is 5.32 Å². The molecule has 2 atom stereocenters. The second kappa shape index (κ2) is 4.72. The van der Waals surface area contributed by atoms with Gasteiger partial charge in [0.15, 0.2) is 0 Å². The van der Waals surface area contributed by atoms with Crippen molar-refractivity contribution in [3.63, 3.8) is 0 Å². The molecule has 1 saturated carbocycles. The summed E-state index contributed by atoms with van der Waals surface area (Å²) in [5, 5.41) is 14.3.